The molecule has 168 valence electrons. The zero-order chi connectivity index (χ0) is 22.9. The number of amides is 2. The lowest BCUT2D eigenvalue weighted by Crippen LogP contribution is -2.42. The zero-order valence-electron chi connectivity index (χ0n) is 17.6. The molecule has 3 aromatic rings. The second kappa shape index (κ2) is 8.49. The molecule has 0 saturated carbocycles. The quantitative estimate of drug-likeness (QED) is 0.631. The number of piperidine rings is 1. The molecule has 1 fully saturated rings. The summed E-state index contributed by atoms with van der Waals surface area (Å²) in [4.78, 5) is 25.6. The average molecular weight is 444 g/mol. The molecule has 1 aliphatic rings. The summed E-state index contributed by atoms with van der Waals surface area (Å²) < 4.78 is 42.8. The summed E-state index contributed by atoms with van der Waals surface area (Å²) in [6.07, 6.45) is -1.28. The van der Waals surface area contributed by atoms with E-state index in [2.05, 4.69) is 5.32 Å². The number of nitrogens with one attached hydrogen (secondary N) is 1. The van der Waals surface area contributed by atoms with E-state index in [4.69, 9.17) is 13.9 Å². The molecule has 0 radical (unpaired) electrons. The fourth-order valence-corrected chi connectivity index (χ4v) is 3.63. The molecule has 7 nitrogen and oxygen atoms in total. The Labute approximate surface area is 182 Å². The van der Waals surface area contributed by atoms with Crippen molar-refractivity contribution in [2.45, 2.75) is 18.8 Å². The van der Waals surface area contributed by atoms with Crippen molar-refractivity contribution in [3.05, 3.63) is 48.0 Å². The second-order valence-electron chi connectivity index (χ2n) is 7.53. The number of hydrogen-bond acceptors (Lipinski definition) is 5. The van der Waals surface area contributed by atoms with Crippen LogP contribution in [-0.4, -0.2) is 50.1 Å². The largest absolute Gasteiger partial charge is 0.493 e. The number of carbonyl (C=O) groups is 2. The highest BCUT2D eigenvalue weighted by Crippen LogP contribution is 2.37. The molecule has 2 amide bonds. The molecule has 2 aromatic carbocycles. The van der Waals surface area contributed by atoms with Crippen LogP contribution in [0.15, 0.2) is 46.9 Å². The van der Waals surface area contributed by atoms with Gasteiger partial charge in [-0.2, -0.15) is 0 Å². The number of alkyl halides is 2. The van der Waals surface area contributed by atoms with Crippen LogP contribution in [0.2, 0.25) is 0 Å². The number of carbonyl (C=O) groups excluding carboxylic acids is 2. The lowest BCUT2D eigenvalue weighted by molar-refractivity contribution is -0.0494. The Morgan fingerprint density at radius 2 is 1.75 bits per heavy atom. The lowest BCUT2D eigenvalue weighted by atomic mass is 10.0. The summed E-state index contributed by atoms with van der Waals surface area (Å²) >= 11 is 0. The van der Waals surface area contributed by atoms with E-state index in [1.165, 1.54) is 19.1 Å². The third-order valence-electron chi connectivity index (χ3n) is 5.42. The minimum absolute atomic E-state index is 0.0304. The molecule has 0 bridgehead atoms. The highest BCUT2D eigenvalue weighted by Gasteiger charge is 2.35. The van der Waals surface area contributed by atoms with Crippen molar-refractivity contribution in [2.24, 2.45) is 0 Å². The van der Waals surface area contributed by atoms with Gasteiger partial charge in [0.05, 0.1) is 7.11 Å². The Morgan fingerprint density at radius 1 is 1.06 bits per heavy atom. The molecule has 0 atom stereocenters. The highest BCUT2D eigenvalue weighted by molar-refractivity contribution is 5.95. The maximum atomic E-state index is 13.4. The van der Waals surface area contributed by atoms with E-state index in [-0.39, 0.29) is 37.8 Å². The first kappa shape index (κ1) is 21.6. The Hall–Kier alpha value is -3.62. The van der Waals surface area contributed by atoms with Crippen LogP contribution in [0.4, 0.5) is 13.6 Å². The Kier molecular flexibility index (Phi) is 5.73. The molecule has 9 heteroatoms. The van der Waals surface area contributed by atoms with Crippen LogP contribution in [0.5, 0.6) is 11.7 Å². The van der Waals surface area contributed by atoms with Crippen LogP contribution < -0.4 is 14.8 Å². The van der Waals surface area contributed by atoms with Crippen LogP contribution in [0.1, 0.15) is 23.2 Å². The number of ether oxygens (including phenoxy) is 2. The Bertz CT molecular complexity index is 1150. The lowest BCUT2D eigenvalue weighted by Gasteiger charge is -2.31. The van der Waals surface area contributed by atoms with E-state index >= 15 is 0 Å². The van der Waals surface area contributed by atoms with E-state index in [0.717, 1.165) is 11.1 Å². The fraction of sp³-hybridized carbons (Fsp3) is 0.304. The van der Waals surface area contributed by atoms with Crippen LogP contribution in [0.3, 0.4) is 0 Å². The summed E-state index contributed by atoms with van der Waals surface area (Å²) in [5.41, 5.74) is 2.50. The van der Waals surface area contributed by atoms with Crippen molar-refractivity contribution in [2.75, 3.05) is 27.2 Å². The molecule has 0 spiro atoms. The smallest absolute Gasteiger partial charge is 0.414 e. The SMILES string of the molecule is CNC(=O)Oc1cc2cc(-c3ccc(C(=O)N4CCC(F)(F)CC4)cc3)cc(OC)c2o1. The predicted molar refractivity (Wildman–Crippen MR) is 113 cm³/mol. The third-order valence-corrected chi connectivity index (χ3v) is 5.42. The van der Waals surface area contributed by atoms with E-state index in [1.54, 1.807) is 36.4 Å². The van der Waals surface area contributed by atoms with Gasteiger partial charge in [-0.1, -0.05) is 12.1 Å². The normalized spacial score (nSPS) is 15.4. The van der Waals surface area contributed by atoms with Crippen molar-refractivity contribution in [3.63, 3.8) is 0 Å². The summed E-state index contributed by atoms with van der Waals surface area (Å²) in [5, 5.41) is 3.02. The van der Waals surface area contributed by atoms with Crippen LogP contribution in [0, 0.1) is 0 Å². The monoisotopic (exact) mass is 444 g/mol. The first-order valence-electron chi connectivity index (χ1n) is 10.1. The van der Waals surface area contributed by atoms with Gasteiger partial charge in [-0.15, -0.1) is 0 Å². The summed E-state index contributed by atoms with van der Waals surface area (Å²) in [6.45, 7) is 0.0881. The number of furan rings is 1. The molecule has 1 aromatic heterocycles. The Morgan fingerprint density at radius 3 is 2.38 bits per heavy atom. The number of halogens is 2. The van der Waals surface area contributed by atoms with E-state index in [1.807, 2.05) is 6.07 Å². The second-order valence-corrected chi connectivity index (χ2v) is 7.53. The van der Waals surface area contributed by atoms with Gasteiger partial charge in [-0.3, -0.25) is 4.79 Å². The van der Waals surface area contributed by atoms with Gasteiger partial charge in [0.1, 0.15) is 0 Å². The molecular weight excluding hydrogens is 422 g/mol. The van der Waals surface area contributed by atoms with E-state index in [9.17, 15) is 18.4 Å². The van der Waals surface area contributed by atoms with Gasteiger partial charge in [-0.25, -0.2) is 13.6 Å². The van der Waals surface area contributed by atoms with Crippen molar-refractivity contribution >= 4 is 23.0 Å². The van der Waals surface area contributed by atoms with Gasteiger partial charge in [0.2, 0.25) is 0 Å². The fourth-order valence-electron chi connectivity index (χ4n) is 3.63. The summed E-state index contributed by atoms with van der Waals surface area (Å²) in [7, 11) is 2.95. The molecule has 4 rings (SSSR count). The van der Waals surface area contributed by atoms with E-state index < -0.39 is 12.0 Å². The summed E-state index contributed by atoms with van der Waals surface area (Å²) in [5.74, 6) is -2.47. The van der Waals surface area contributed by atoms with Gasteiger partial charge in [-0.05, 0) is 35.4 Å². The summed E-state index contributed by atoms with van der Waals surface area (Å²) in [6, 6.07) is 12.1. The topological polar surface area (TPSA) is 81.0 Å². The molecule has 1 saturated heterocycles. The maximum Gasteiger partial charge on any atom is 0.414 e. The minimum Gasteiger partial charge on any atom is -0.493 e. The molecule has 0 aliphatic carbocycles. The molecule has 1 N–H and O–H groups in total. The van der Waals surface area contributed by atoms with Crippen molar-refractivity contribution in [3.8, 4) is 22.8 Å². The Balaban J connectivity index is 1.57. The maximum absolute atomic E-state index is 13.4. The van der Waals surface area contributed by atoms with Crippen molar-refractivity contribution < 1.29 is 32.3 Å². The minimum atomic E-state index is -2.70. The zero-order valence-corrected chi connectivity index (χ0v) is 17.6. The molecular formula is C23H22F2N2O5. The number of likely N-dealkylation sites (tertiary alicyclic amines) is 1. The number of rotatable bonds is 4. The van der Waals surface area contributed by atoms with Gasteiger partial charge in [0.25, 0.3) is 17.8 Å². The van der Waals surface area contributed by atoms with Gasteiger partial charge in [0.15, 0.2) is 11.3 Å². The number of hydrogen-bond donors (Lipinski definition) is 1. The van der Waals surface area contributed by atoms with Gasteiger partial charge < -0.3 is 24.1 Å². The standard InChI is InChI=1S/C23H22F2N2O5/c1-26-22(29)32-19-13-17-11-16(12-18(30-2)20(17)31-19)14-3-5-15(6-4-14)21(28)27-9-7-23(24,25)8-10-27/h3-6,11-13H,7-10H2,1-2H3,(H,26,29). The predicted octanol–water partition coefficient (Wildman–Crippen LogP) is 4.70. The van der Waals surface area contributed by atoms with Crippen LogP contribution in [-0.2, 0) is 0 Å². The third kappa shape index (κ3) is 4.37. The molecule has 2 heterocycles. The first-order chi connectivity index (χ1) is 15.3. The average Bonchev–Trinajstić information content (AvgIpc) is 3.20. The number of fused-ring (bicyclic) bond motifs is 1. The number of methoxy groups -OCH3 is 1. The molecule has 1 aliphatic heterocycles. The highest BCUT2D eigenvalue weighted by atomic mass is 19.3. The van der Waals surface area contributed by atoms with Gasteiger partial charge >= 0.3 is 6.09 Å². The van der Waals surface area contributed by atoms with Gasteiger partial charge in [0, 0.05) is 50.0 Å². The number of benzene rings is 2. The van der Waals surface area contributed by atoms with Crippen LogP contribution in [0.25, 0.3) is 22.1 Å². The van der Waals surface area contributed by atoms with E-state index in [0.29, 0.717) is 22.3 Å². The van der Waals surface area contributed by atoms with Crippen molar-refractivity contribution in [1.82, 2.24) is 10.2 Å². The number of nitrogens with zero attached hydrogens (tertiary/aromatic N) is 1. The molecule has 32 heavy (non-hydrogen) atoms. The van der Waals surface area contributed by atoms with Crippen LogP contribution >= 0.6 is 0 Å². The first-order valence-corrected chi connectivity index (χ1v) is 10.1. The van der Waals surface area contributed by atoms with Crippen molar-refractivity contribution in [1.29, 1.82) is 0 Å². The molecule has 0 unspecified atom stereocenters.